The van der Waals surface area contributed by atoms with Gasteiger partial charge in [-0.05, 0) is 24.3 Å². The van der Waals surface area contributed by atoms with Gasteiger partial charge in [0.25, 0.3) is 0 Å². The van der Waals surface area contributed by atoms with Gasteiger partial charge in [0, 0.05) is 18.2 Å². The maximum atomic E-state index is 10.9. The fraction of sp³-hybridized carbons (Fsp3) is 0.0833. The van der Waals surface area contributed by atoms with E-state index in [1.807, 2.05) is 24.3 Å². The molecule has 1 aromatic heterocycles. The number of rotatable bonds is 2. The van der Waals surface area contributed by atoms with E-state index >= 15 is 0 Å². The van der Waals surface area contributed by atoms with Crippen LogP contribution >= 0.6 is 0 Å². The summed E-state index contributed by atoms with van der Waals surface area (Å²) in [4.78, 5) is 10.9. The van der Waals surface area contributed by atoms with Crippen LogP contribution in [0.25, 0.3) is 11.3 Å². The fourth-order valence-electron chi connectivity index (χ4n) is 1.42. The van der Waals surface area contributed by atoms with Crippen molar-refractivity contribution in [2.45, 2.75) is 6.92 Å². The van der Waals surface area contributed by atoms with Crippen molar-refractivity contribution in [2.24, 2.45) is 0 Å². The van der Waals surface area contributed by atoms with Gasteiger partial charge in [-0.15, -0.1) is 10.2 Å². The molecule has 0 aliphatic rings. The van der Waals surface area contributed by atoms with E-state index in [0.29, 0.717) is 5.82 Å². The van der Waals surface area contributed by atoms with E-state index in [1.54, 1.807) is 12.1 Å². The SMILES string of the molecule is CC(=O)Nc1ccc(-c2ccc(N)nn2)cc1. The Bertz CT molecular complexity index is 519. The smallest absolute Gasteiger partial charge is 0.221 e. The number of carbonyl (C=O) groups excluding carboxylic acids is 1. The Kier molecular flexibility index (Phi) is 3.00. The van der Waals surface area contributed by atoms with Crippen molar-refractivity contribution in [3.63, 3.8) is 0 Å². The monoisotopic (exact) mass is 228 g/mol. The lowest BCUT2D eigenvalue weighted by Gasteiger charge is -2.03. The number of aromatic nitrogens is 2. The van der Waals surface area contributed by atoms with E-state index in [9.17, 15) is 4.79 Å². The van der Waals surface area contributed by atoms with Crippen LogP contribution in [0.5, 0.6) is 0 Å². The van der Waals surface area contributed by atoms with E-state index in [4.69, 9.17) is 5.73 Å². The van der Waals surface area contributed by atoms with Crippen LogP contribution in [-0.4, -0.2) is 16.1 Å². The van der Waals surface area contributed by atoms with E-state index in [0.717, 1.165) is 16.9 Å². The predicted molar refractivity (Wildman–Crippen MR) is 66.2 cm³/mol. The number of hydrogen-bond acceptors (Lipinski definition) is 4. The summed E-state index contributed by atoms with van der Waals surface area (Å²) in [7, 11) is 0. The molecule has 86 valence electrons. The van der Waals surface area contributed by atoms with Crippen LogP contribution in [-0.2, 0) is 4.79 Å². The lowest BCUT2D eigenvalue weighted by Crippen LogP contribution is -2.05. The number of carbonyl (C=O) groups is 1. The first-order valence-corrected chi connectivity index (χ1v) is 5.12. The maximum Gasteiger partial charge on any atom is 0.221 e. The zero-order valence-corrected chi connectivity index (χ0v) is 9.34. The van der Waals surface area contributed by atoms with Gasteiger partial charge in [-0.1, -0.05) is 12.1 Å². The molecule has 0 saturated heterocycles. The zero-order chi connectivity index (χ0) is 12.3. The van der Waals surface area contributed by atoms with Gasteiger partial charge in [0.1, 0.15) is 5.82 Å². The minimum Gasteiger partial charge on any atom is -0.382 e. The van der Waals surface area contributed by atoms with Crippen molar-refractivity contribution in [3.05, 3.63) is 36.4 Å². The third-order valence-corrected chi connectivity index (χ3v) is 2.19. The lowest BCUT2D eigenvalue weighted by atomic mass is 10.1. The lowest BCUT2D eigenvalue weighted by molar-refractivity contribution is -0.114. The van der Waals surface area contributed by atoms with Crippen LogP contribution < -0.4 is 11.1 Å². The van der Waals surface area contributed by atoms with Crippen LogP contribution in [0.4, 0.5) is 11.5 Å². The second-order valence-electron chi connectivity index (χ2n) is 3.60. The van der Waals surface area contributed by atoms with E-state index in [2.05, 4.69) is 15.5 Å². The van der Waals surface area contributed by atoms with Crippen LogP contribution in [0.3, 0.4) is 0 Å². The maximum absolute atomic E-state index is 10.9. The molecule has 0 aliphatic carbocycles. The van der Waals surface area contributed by atoms with E-state index in [-0.39, 0.29) is 5.91 Å². The standard InChI is InChI=1S/C12H12N4O/c1-8(17)14-10-4-2-9(3-5-10)11-6-7-12(13)16-15-11/h2-7H,1H3,(H2,13,16)(H,14,17). The molecule has 0 atom stereocenters. The molecule has 5 nitrogen and oxygen atoms in total. The van der Waals surface area contributed by atoms with Gasteiger partial charge in [-0.3, -0.25) is 4.79 Å². The average molecular weight is 228 g/mol. The topological polar surface area (TPSA) is 80.9 Å². The Balaban J connectivity index is 2.23. The van der Waals surface area contributed by atoms with Crippen LogP contribution in [0, 0.1) is 0 Å². The number of benzene rings is 1. The number of anilines is 2. The Morgan fingerprint density at radius 3 is 2.35 bits per heavy atom. The summed E-state index contributed by atoms with van der Waals surface area (Å²) in [5.74, 6) is 0.300. The van der Waals surface area contributed by atoms with Crippen LogP contribution in [0.1, 0.15) is 6.92 Å². The Hall–Kier alpha value is -2.43. The highest BCUT2D eigenvalue weighted by atomic mass is 16.1. The van der Waals surface area contributed by atoms with Crippen molar-refractivity contribution >= 4 is 17.4 Å². The Morgan fingerprint density at radius 2 is 1.82 bits per heavy atom. The molecule has 0 radical (unpaired) electrons. The van der Waals surface area contributed by atoms with Crippen molar-refractivity contribution in [2.75, 3.05) is 11.1 Å². The Labute approximate surface area is 98.7 Å². The zero-order valence-electron chi connectivity index (χ0n) is 9.34. The highest BCUT2D eigenvalue weighted by Gasteiger charge is 2.01. The van der Waals surface area contributed by atoms with Gasteiger partial charge in [0.15, 0.2) is 0 Å². The quantitative estimate of drug-likeness (QED) is 0.819. The first kappa shape index (κ1) is 11.1. The van der Waals surface area contributed by atoms with Crippen molar-refractivity contribution in [1.29, 1.82) is 0 Å². The molecule has 0 fully saturated rings. The largest absolute Gasteiger partial charge is 0.382 e. The summed E-state index contributed by atoms with van der Waals surface area (Å²) >= 11 is 0. The number of nitrogens with one attached hydrogen (secondary N) is 1. The second-order valence-corrected chi connectivity index (χ2v) is 3.60. The second kappa shape index (κ2) is 4.61. The molecule has 0 bridgehead atoms. The minimum absolute atomic E-state index is 0.0926. The molecule has 1 aromatic carbocycles. The first-order valence-electron chi connectivity index (χ1n) is 5.12. The number of nitrogen functional groups attached to an aromatic ring is 1. The molecule has 5 heteroatoms. The molecule has 0 aliphatic heterocycles. The fourth-order valence-corrected chi connectivity index (χ4v) is 1.42. The molecule has 1 amide bonds. The molecule has 0 saturated carbocycles. The molecule has 2 aromatic rings. The molecule has 17 heavy (non-hydrogen) atoms. The number of nitrogens with two attached hydrogens (primary N) is 1. The molecular formula is C12H12N4O. The van der Waals surface area contributed by atoms with Crippen LogP contribution in [0.15, 0.2) is 36.4 Å². The summed E-state index contributed by atoms with van der Waals surface area (Å²) in [5, 5.41) is 10.5. The first-order chi connectivity index (χ1) is 8.15. The molecule has 1 heterocycles. The van der Waals surface area contributed by atoms with E-state index < -0.39 is 0 Å². The number of amides is 1. The molecule has 0 unspecified atom stereocenters. The molecular weight excluding hydrogens is 216 g/mol. The van der Waals surface area contributed by atoms with E-state index in [1.165, 1.54) is 6.92 Å². The van der Waals surface area contributed by atoms with Crippen molar-refractivity contribution < 1.29 is 4.79 Å². The van der Waals surface area contributed by atoms with Gasteiger partial charge in [0.05, 0.1) is 5.69 Å². The summed E-state index contributed by atoms with van der Waals surface area (Å²) in [6.45, 7) is 1.47. The van der Waals surface area contributed by atoms with Gasteiger partial charge >= 0.3 is 0 Å². The van der Waals surface area contributed by atoms with Gasteiger partial charge in [0.2, 0.25) is 5.91 Å². The predicted octanol–water partition coefficient (Wildman–Crippen LogP) is 1.68. The average Bonchev–Trinajstić information content (AvgIpc) is 2.30. The normalized spacial score (nSPS) is 9.94. The van der Waals surface area contributed by atoms with Gasteiger partial charge < -0.3 is 11.1 Å². The highest BCUT2D eigenvalue weighted by molar-refractivity contribution is 5.88. The summed E-state index contributed by atoms with van der Waals surface area (Å²) in [6.07, 6.45) is 0. The third kappa shape index (κ3) is 2.78. The van der Waals surface area contributed by atoms with Crippen LogP contribution in [0.2, 0.25) is 0 Å². The number of nitrogens with zero attached hydrogens (tertiary/aromatic N) is 2. The summed E-state index contributed by atoms with van der Waals surface area (Å²) in [6, 6.07) is 10.9. The van der Waals surface area contributed by atoms with Crippen molar-refractivity contribution in [1.82, 2.24) is 10.2 Å². The van der Waals surface area contributed by atoms with Gasteiger partial charge in [-0.2, -0.15) is 0 Å². The molecule has 0 spiro atoms. The highest BCUT2D eigenvalue weighted by Crippen LogP contribution is 2.19. The third-order valence-electron chi connectivity index (χ3n) is 2.19. The van der Waals surface area contributed by atoms with Gasteiger partial charge in [-0.25, -0.2) is 0 Å². The minimum atomic E-state index is -0.0926. The van der Waals surface area contributed by atoms with Crippen molar-refractivity contribution in [3.8, 4) is 11.3 Å². The number of hydrogen-bond donors (Lipinski definition) is 2. The molecule has 3 N–H and O–H groups in total. The summed E-state index contributed by atoms with van der Waals surface area (Å²) < 4.78 is 0. The Morgan fingerprint density at radius 1 is 1.12 bits per heavy atom. The molecule has 2 rings (SSSR count). The summed E-state index contributed by atoms with van der Waals surface area (Å²) in [5.41, 5.74) is 7.88.